The summed E-state index contributed by atoms with van der Waals surface area (Å²) in [5.74, 6) is 0. The number of hydrogen-bond donors (Lipinski definition) is 0. The van der Waals surface area contributed by atoms with Crippen LogP contribution in [-0.4, -0.2) is 4.57 Å². The molecule has 1 heteroatoms. The van der Waals surface area contributed by atoms with Crippen LogP contribution in [0.5, 0.6) is 0 Å². The maximum absolute atomic E-state index is 2.19. The van der Waals surface area contributed by atoms with Gasteiger partial charge in [0, 0.05) is 18.4 Å². The Balaban J connectivity index is 2.92. The highest BCUT2D eigenvalue weighted by Gasteiger charge is 1.96. The van der Waals surface area contributed by atoms with Crippen LogP contribution in [0.3, 0.4) is 0 Å². The molecule has 0 saturated heterocycles. The molecule has 0 unspecified atom stereocenters. The molecule has 0 aliphatic heterocycles. The zero-order chi connectivity index (χ0) is 9.68. The maximum atomic E-state index is 2.19. The summed E-state index contributed by atoms with van der Waals surface area (Å²) in [4.78, 5) is 0. The molecule has 0 amide bonds. The molecule has 0 aromatic carbocycles. The third-order valence-electron chi connectivity index (χ3n) is 2.06. The Hall–Kier alpha value is -1.24. The highest BCUT2D eigenvalue weighted by atomic mass is 14.9. The van der Waals surface area contributed by atoms with E-state index in [1.54, 1.807) is 0 Å². The van der Waals surface area contributed by atoms with Gasteiger partial charge in [-0.3, -0.25) is 0 Å². The molecule has 13 heavy (non-hydrogen) atoms. The van der Waals surface area contributed by atoms with Crippen molar-refractivity contribution in [2.75, 3.05) is 0 Å². The van der Waals surface area contributed by atoms with Gasteiger partial charge >= 0.3 is 0 Å². The van der Waals surface area contributed by atoms with E-state index >= 15 is 0 Å². The summed E-state index contributed by atoms with van der Waals surface area (Å²) >= 11 is 0. The maximum Gasteiger partial charge on any atom is 0.0405 e. The van der Waals surface area contributed by atoms with E-state index in [4.69, 9.17) is 0 Å². The van der Waals surface area contributed by atoms with Crippen molar-refractivity contribution in [1.29, 1.82) is 0 Å². The number of allylic oxidation sites excluding steroid dienone is 2. The Morgan fingerprint density at radius 2 is 1.85 bits per heavy atom. The van der Waals surface area contributed by atoms with Gasteiger partial charge in [-0.15, -0.1) is 0 Å². The molecule has 0 atom stereocenters. The molecular weight excluding hydrogens is 158 g/mol. The van der Waals surface area contributed by atoms with Crippen molar-refractivity contribution in [2.45, 2.75) is 20.3 Å². The third kappa shape index (κ3) is 2.35. The van der Waals surface area contributed by atoms with Gasteiger partial charge in [0.2, 0.25) is 0 Å². The minimum absolute atomic E-state index is 1.09. The highest BCUT2D eigenvalue weighted by Crippen LogP contribution is 2.10. The fraction of sp³-hybridized carbons (Fsp3) is 0.333. The van der Waals surface area contributed by atoms with Gasteiger partial charge in [-0.2, -0.15) is 0 Å². The summed E-state index contributed by atoms with van der Waals surface area (Å²) in [7, 11) is 2.09. The van der Waals surface area contributed by atoms with Crippen LogP contribution in [0, 0.1) is 0 Å². The molecule has 0 bridgehead atoms. The molecule has 0 fully saturated rings. The van der Waals surface area contributed by atoms with Gasteiger partial charge in [0.05, 0.1) is 0 Å². The summed E-state index contributed by atoms with van der Waals surface area (Å²) in [6, 6.07) is 4.27. The number of rotatable bonds is 3. The van der Waals surface area contributed by atoms with E-state index in [-0.39, 0.29) is 0 Å². The van der Waals surface area contributed by atoms with Crippen LogP contribution in [0.4, 0.5) is 0 Å². The Morgan fingerprint density at radius 1 is 1.23 bits per heavy atom. The van der Waals surface area contributed by atoms with Crippen molar-refractivity contribution in [3.63, 3.8) is 0 Å². The zero-order valence-corrected chi connectivity index (χ0v) is 8.62. The first-order valence-corrected chi connectivity index (χ1v) is 4.74. The molecule has 0 N–H and O–H groups in total. The van der Waals surface area contributed by atoms with Crippen LogP contribution in [0.15, 0.2) is 24.3 Å². The predicted molar refractivity (Wildman–Crippen MR) is 59.4 cm³/mol. The SMILES string of the molecule is CC=Cc1ccc(C=CCC)n1C. The van der Waals surface area contributed by atoms with Crippen LogP contribution >= 0.6 is 0 Å². The van der Waals surface area contributed by atoms with Crippen molar-refractivity contribution in [1.82, 2.24) is 4.57 Å². The Morgan fingerprint density at radius 3 is 2.38 bits per heavy atom. The molecule has 70 valence electrons. The zero-order valence-electron chi connectivity index (χ0n) is 8.62. The summed E-state index contributed by atoms with van der Waals surface area (Å²) < 4.78 is 2.19. The summed E-state index contributed by atoms with van der Waals surface area (Å²) in [6.07, 6.45) is 9.60. The quantitative estimate of drug-likeness (QED) is 0.662. The van der Waals surface area contributed by atoms with Crippen molar-refractivity contribution < 1.29 is 0 Å². The van der Waals surface area contributed by atoms with E-state index in [0.29, 0.717) is 0 Å². The molecule has 1 nitrogen and oxygen atoms in total. The lowest BCUT2D eigenvalue weighted by Crippen LogP contribution is -1.92. The predicted octanol–water partition coefficient (Wildman–Crippen LogP) is 3.48. The summed E-state index contributed by atoms with van der Waals surface area (Å²) in [5.41, 5.74) is 2.51. The molecule has 1 aromatic heterocycles. The van der Waals surface area contributed by atoms with Crippen LogP contribution in [0.1, 0.15) is 31.7 Å². The van der Waals surface area contributed by atoms with Crippen LogP contribution in [0.2, 0.25) is 0 Å². The van der Waals surface area contributed by atoms with Crippen molar-refractivity contribution in [3.8, 4) is 0 Å². The van der Waals surface area contributed by atoms with E-state index in [1.165, 1.54) is 11.4 Å². The Kier molecular flexibility index (Phi) is 3.56. The molecule has 1 heterocycles. The number of aromatic nitrogens is 1. The van der Waals surface area contributed by atoms with E-state index in [9.17, 15) is 0 Å². The van der Waals surface area contributed by atoms with E-state index in [2.05, 4.69) is 55.0 Å². The molecule has 0 aliphatic carbocycles. The molecule has 1 aromatic rings. The molecule has 0 saturated carbocycles. The lowest BCUT2D eigenvalue weighted by Gasteiger charge is -1.99. The highest BCUT2D eigenvalue weighted by molar-refractivity contribution is 5.53. The third-order valence-corrected chi connectivity index (χ3v) is 2.06. The van der Waals surface area contributed by atoms with Gasteiger partial charge in [0.15, 0.2) is 0 Å². The standard InChI is InChI=1S/C12H17N/c1-4-6-8-12-10-9-11(7-5-2)13(12)3/h5-10H,4H2,1-3H3. The molecule has 0 aliphatic rings. The Bertz CT molecular complexity index is 316. The van der Waals surface area contributed by atoms with Gasteiger partial charge < -0.3 is 4.57 Å². The smallest absolute Gasteiger partial charge is 0.0405 e. The van der Waals surface area contributed by atoms with E-state index in [0.717, 1.165) is 6.42 Å². The lowest BCUT2D eigenvalue weighted by molar-refractivity contribution is 0.901. The molecular formula is C12H17N. The number of nitrogens with zero attached hydrogens (tertiary/aromatic N) is 1. The normalized spacial score (nSPS) is 11.9. The van der Waals surface area contributed by atoms with Gasteiger partial charge in [-0.1, -0.05) is 19.1 Å². The van der Waals surface area contributed by atoms with Crippen LogP contribution in [-0.2, 0) is 7.05 Å². The molecule has 0 spiro atoms. The van der Waals surface area contributed by atoms with Crippen LogP contribution in [0.25, 0.3) is 12.2 Å². The van der Waals surface area contributed by atoms with Crippen molar-refractivity contribution in [3.05, 3.63) is 35.7 Å². The molecule has 1 rings (SSSR count). The molecule has 0 radical (unpaired) electrons. The first-order valence-electron chi connectivity index (χ1n) is 4.74. The largest absolute Gasteiger partial charge is 0.345 e. The minimum atomic E-state index is 1.09. The van der Waals surface area contributed by atoms with Gasteiger partial charge in [0.1, 0.15) is 0 Å². The lowest BCUT2D eigenvalue weighted by atomic mass is 10.3. The Labute approximate surface area is 80.4 Å². The summed E-state index contributed by atoms with van der Waals surface area (Å²) in [5, 5.41) is 0. The van der Waals surface area contributed by atoms with Gasteiger partial charge in [-0.25, -0.2) is 0 Å². The average molecular weight is 175 g/mol. The second kappa shape index (κ2) is 4.70. The first-order chi connectivity index (χ1) is 6.29. The second-order valence-electron chi connectivity index (χ2n) is 3.05. The van der Waals surface area contributed by atoms with Crippen molar-refractivity contribution in [2.24, 2.45) is 7.05 Å². The fourth-order valence-electron chi connectivity index (χ4n) is 1.29. The van der Waals surface area contributed by atoms with E-state index in [1.807, 2.05) is 6.92 Å². The number of hydrogen-bond acceptors (Lipinski definition) is 0. The monoisotopic (exact) mass is 175 g/mol. The second-order valence-corrected chi connectivity index (χ2v) is 3.05. The van der Waals surface area contributed by atoms with E-state index < -0.39 is 0 Å². The first kappa shape index (κ1) is 9.85. The topological polar surface area (TPSA) is 4.93 Å². The van der Waals surface area contributed by atoms with Gasteiger partial charge in [0.25, 0.3) is 0 Å². The van der Waals surface area contributed by atoms with Crippen molar-refractivity contribution >= 4 is 12.2 Å². The summed E-state index contributed by atoms with van der Waals surface area (Å²) in [6.45, 7) is 4.18. The minimum Gasteiger partial charge on any atom is -0.345 e. The van der Waals surface area contributed by atoms with Crippen LogP contribution < -0.4 is 0 Å². The average Bonchev–Trinajstić information content (AvgIpc) is 2.46. The van der Waals surface area contributed by atoms with Gasteiger partial charge in [-0.05, 0) is 37.6 Å². The fourth-order valence-corrected chi connectivity index (χ4v) is 1.29.